The van der Waals surface area contributed by atoms with Gasteiger partial charge in [-0.2, -0.15) is 0 Å². The van der Waals surface area contributed by atoms with Gasteiger partial charge < -0.3 is 20.9 Å². The molecule has 2 amide bonds. The lowest BCUT2D eigenvalue weighted by atomic mass is 9.92. The number of hydrogen-bond acceptors (Lipinski definition) is 4. The largest absolute Gasteiger partial charge is 0.345 e. The van der Waals surface area contributed by atoms with Crippen LogP contribution in [0.2, 0.25) is 0 Å². The Morgan fingerprint density at radius 1 is 1.24 bits per heavy atom. The van der Waals surface area contributed by atoms with Gasteiger partial charge >= 0.3 is 0 Å². The zero-order valence-electron chi connectivity index (χ0n) is 16.4. The molecule has 0 spiro atoms. The minimum absolute atomic E-state index is 0.0228. The number of H-pyrrole nitrogens is 1. The minimum Gasteiger partial charge on any atom is -0.345 e. The summed E-state index contributed by atoms with van der Waals surface area (Å²) in [5, 5.41) is 2.88. The Hall–Kier alpha value is -3.19. The van der Waals surface area contributed by atoms with Crippen molar-refractivity contribution in [2.75, 3.05) is 18.4 Å². The number of rotatable bonds is 4. The van der Waals surface area contributed by atoms with E-state index < -0.39 is 0 Å². The third-order valence-corrected chi connectivity index (χ3v) is 5.54. The van der Waals surface area contributed by atoms with Crippen LogP contribution in [-0.4, -0.2) is 45.8 Å². The van der Waals surface area contributed by atoms with Crippen LogP contribution in [0.3, 0.4) is 0 Å². The van der Waals surface area contributed by atoms with Gasteiger partial charge in [-0.15, -0.1) is 0 Å². The third-order valence-electron chi connectivity index (χ3n) is 5.54. The van der Waals surface area contributed by atoms with Gasteiger partial charge in [-0.1, -0.05) is 6.07 Å². The molecular formula is C22H25N5O2. The van der Waals surface area contributed by atoms with Crippen molar-refractivity contribution in [3.63, 3.8) is 0 Å². The fourth-order valence-corrected chi connectivity index (χ4v) is 3.82. The second kappa shape index (κ2) is 8.05. The van der Waals surface area contributed by atoms with Gasteiger partial charge in [-0.05, 0) is 62.1 Å². The number of likely N-dealkylation sites (tertiary alicyclic amines) is 1. The molecule has 4 rings (SSSR count). The Kier molecular flexibility index (Phi) is 5.31. The van der Waals surface area contributed by atoms with Gasteiger partial charge in [-0.3, -0.25) is 9.59 Å². The monoisotopic (exact) mass is 391 g/mol. The predicted octanol–water partition coefficient (Wildman–Crippen LogP) is 3.01. The van der Waals surface area contributed by atoms with Crippen molar-refractivity contribution < 1.29 is 9.59 Å². The Bertz CT molecular complexity index is 1040. The lowest BCUT2D eigenvalue weighted by molar-refractivity contribution is 0.0660. The van der Waals surface area contributed by atoms with Crippen LogP contribution in [0.5, 0.6) is 0 Å². The van der Waals surface area contributed by atoms with E-state index in [0.29, 0.717) is 29.3 Å². The first-order chi connectivity index (χ1) is 14.0. The number of carbonyl (C=O) groups is 2. The van der Waals surface area contributed by atoms with E-state index >= 15 is 0 Å². The summed E-state index contributed by atoms with van der Waals surface area (Å²) < 4.78 is 0. The summed E-state index contributed by atoms with van der Waals surface area (Å²) in [6.07, 6.45) is 3.61. The molecule has 0 aliphatic carbocycles. The molecule has 0 bridgehead atoms. The highest BCUT2D eigenvalue weighted by atomic mass is 16.2. The van der Waals surface area contributed by atoms with Gasteiger partial charge in [0.1, 0.15) is 0 Å². The van der Waals surface area contributed by atoms with E-state index in [1.54, 1.807) is 48.8 Å². The van der Waals surface area contributed by atoms with Crippen molar-refractivity contribution >= 4 is 28.5 Å². The molecule has 29 heavy (non-hydrogen) atoms. The fourth-order valence-electron chi connectivity index (χ4n) is 3.82. The maximum atomic E-state index is 13.0. The first-order valence-electron chi connectivity index (χ1n) is 9.90. The number of amides is 2. The first-order valence-corrected chi connectivity index (χ1v) is 9.90. The summed E-state index contributed by atoms with van der Waals surface area (Å²) in [6, 6.07) is 12.4. The van der Waals surface area contributed by atoms with Crippen LogP contribution in [0.1, 0.15) is 40.5 Å². The molecule has 2 aromatic carbocycles. The number of fused-ring (bicyclic) bond motifs is 1. The quantitative estimate of drug-likeness (QED) is 0.636. The van der Waals surface area contributed by atoms with E-state index in [4.69, 9.17) is 5.73 Å². The van der Waals surface area contributed by atoms with Crippen molar-refractivity contribution in [3.05, 3.63) is 59.9 Å². The molecule has 3 aromatic rings. The zero-order chi connectivity index (χ0) is 20.4. The molecule has 2 unspecified atom stereocenters. The lowest BCUT2D eigenvalue weighted by Gasteiger charge is -2.34. The number of imidazole rings is 1. The number of nitrogens with two attached hydrogens (primary N) is 1. The Morgan fingerprint density at radius 3 is 2.93 bits per heavy atom. The van der Waals surface area contributed by atoms with Gasteiger partial charge in [-0.25, -0.2) is 4.98 Å². The summed E-state index contributed by atoms with van der Waals surface area (Å²) >= 11 is 0. The summed E-state index contributed by atoms with van der Waals surface area (Å²) in [5.74, 6) is 0.0689. The van der Waals surface area contributed by atoms with E-state index in [-0.39, 0.29) is 17.9 Å². The highest BCUT2D eigenvalue weighted by Crippen LogP contribution is 2.22. The normalized spacial score (nSPS) is 17.9. The van der Waals surface area contributed by atoms with Gasteiger partial charge in [0.2, 0.25) is 0 Å². The summed E-state index contributed by atoms with van der Waals surface area (Å²) in [4.78, 5) is 34.6. The standard InChI is InChI=1S/C22H25N5O2/c1-14(23)17-5-3-9-27(12-17)22(29)16-4-2-6-18(10-16)26-21(28)15-7-8-19-20(11-15)25-13-24-19/h2,4,6-8,10-11,13-14,17H,3,5,9,12,23H2,1H3,(H,24,25)(H,26,28). The molecule has 7 heteroatoms. The van der Waals surface area contributed by atoms with Gasteiger partial charge in [0.05, 0.1) is 17.4 Å². The second-order valence-corrected chi connectivity index (χ2v) is 7.68. The molecule has 150 valence electrons. The molecule has 1 fully saturated rings. The van der Waals surface area contributed by atoms with Crippen LogP contribution in [0, 0.1) is 5.92 Å². The van der Waals surface area contributed by atoms with E-state index in [1.807, 2.05) is 11.8 Å². The Morgan fingerprint density at radius 2 is 2.10 bits per heavy atom. The number of aromatic nitrogens is 2. The van der Waals surface area contributed by atoms with Crippen molar-refractivity contribution in [1.82, 2.24) is 14.9 Å². The smallest absolute Gasteiger partial charge is 0.255 e. The molecular weight excluding hydrogens is 366 g/mol. The number of piperidine rings is 1. The number of carbonyl (C=O) groups excluding carboxylic acids is 2. The molecule has 0 saturated carbocycles. The molecule has 1 aliphatic heterocycles. The van der Waals surface area contributed by atoms with Crippen LogP contribution in [0.4, 0.5) is 5.69 Å². The molecule has 7 nitrogen and oxygen atoms in total. The van der Waals surface area contributed by atoms with E-state index in [2.05, 4.69) is 15.3 Å². The average Bonchev–Trinajstić information content (AvgIpc) is 3.21. The van der Waals surface area contributed by atoms with Crippen molar-refractivity contribution in [3.8, 4) is 0 Å². The lowest BCUT2D eigenvalue weighted by Crippen LogP contribution is -2.45. The van der Waals surface area contributed by atoms with E-state index in [1.165, 1.54) is 0 Å². The maximum absolute atomic E-state index is 13.0. The third kappa shape index (κ3) is 4.14. The SMILES string of the molecule is CC(N)C1CCCN(C(=O)c2cccc(NC(=O)c3ccc4nc[nH]c4c3)c2)C1. The number of benzene rings is 2. The predicted molar refractivity (Wildman–Crippen MR) is 113 cm³/mol. The summed E-state index contributed by atoms with van der Waals surface area (Å²) in [7, 11) is 0. The van der Waals surface area contributed by atoms with Crippen LogP contribution in [-0.2, 0) is 0 Å². The first kappa shape index (κ1) is 19.1. The van der Waals surface area contributed by atoms with Gasteiger partial charge in [0, 0.05) is 35.9 Å². The summed E-state index contributed by atoms with van der Waals surface area (Å²) in [5.41, 5.74) is 9.32. The highest BCUT2D eigenvalue weighted by Gasteiger charge is 2.26. The number of aromatic amines is 1. The maximum Gasteiger partial charge on any atom is 0.255 e. The van der Waals surface area contributed by atoms with Gasteiger partial charge in [0.15, 0.2) is 0 Å². The Labute approximate surface area is 169 Å². The second-order valence-electron chi connectivity index (χ2n) is 7.68. The summed E-state index contributed by atoms with van der Waals surface area (Å²) in [6.45, 7) is 3.41. The molecule has 2 atom stereocenters. The van der Waals surface area contributed by atoms with Crippen LogP contribution >= 0.6 is 0 Å². The van der Waals surface area contributed by atoms with Crippen molar-refractivity contribution in [1.29, 1.82) is 0 Å². The highest BCUT2D eigenvalue weighted by molar-refractivity contribution is 6.06. The number of nitrogens with one attached hydrogen (secondary N) is 2. The topological polar surface area (TPSA) is 104 Å². The number of anilines is 1. The molecule has 1 aliphatic rings. The van der Waals surface area contributed by atoms with E-state index in [0.717, 1.165) is 30.4 Å². The van der Waals surface area contributed by atoms with Crippen molar-refractivity contribution in [2.24, 2.45) is 11.7 Å². The number of nitrogens with zero attached hydrogens (tertiary/aromatic N) is 2. The number of hydrogen-bond donors (Lipinski definition) is 3. The molecule has 4 N–H and O–H groups in total. The minimum atomic E-state index is -0.235. The van der Waals surface area contributed by atoms with Crippen LogP contribution in [0.15, 0.2) is 48.8 Å². The van der Waals surface area contributed by atoms with Gasteiger partial charge in [0.25, 0.3) is 11.8 Å². The van der Waals surface area contributed by atoms with E-state index in [9.17, 15) is 9.59 Å². The fraction of sp³-hybridized carbons (Fsp3) is 0.318. The van der Waals surface area contributed by atoms with Crippen LogP contribution in [0.25, 0.3) is 11.0 Å². The molecule has 0 radical (unpaired) electrons. The molecule has 1 aromatic heterocycles. The molecule has 2 heterocycles. The van der Waals surface area contributed by atoms with Crippen molar-refractivity contribution in [2.45, 2.75) is 25.8 Å². The zero-order valence-corrected chi connectivity index (χ0v) is 16.4. The molecule has 1 saturated heterocycles. The Balaban J connectivity index is 1.48. The average molecular weight is 391 g/mol. The van der Waals surface area contributed by atoms with Crippen LogP contribution < -0.4 is 11.1 Å².